The second-order valence-electron chi connectivity index (χ2n) is 5.66. The van der Waals surface area contributed by atoms with Crippen molar-refractivity contribution in [3.05, 3.63) is 53.9 Å². The molecule has 2 nitrogen and oxygen atoms in total. The highest BCUT2D eigenvalue weighted by Crippen LogP contribution is 2.21. The van der Waals surface area contributed by atoms with Crippen molar-refractivity contribution in [3.8, 4) is 11.1 Å². The number of hydrogen-bond donors (Lipinski definition) is 1. The van der Waals surface area contributed by atoms with Gasteiger partial charge in [-0.2, -0.15) is 0 Å². The summed E-state index contributed by atoms with van der Waals surface area (Å²) in [5, 5.41) is 3.33. The summed E-state index contributed by atoms with van der Waals surface area (Å²) in [6.45, 7) is 8.48. The number of nitrogens with one attached hydrogen (secondary N) is 1. The third-order valence-electron chi connectivity index (χ3n) is 3.31. The molecule has 1 heterocycles. The van der Waals surface area contributed by atoms with E-state index < -0.39 is 0 Å². The Hall–Kier alpha value is -1.67. The summed E-state index contributed by atoms with van der Waals surface area (Å²) in [5.41, 5.74) is 5.07. The Kier molecular flexibility index (Phi) is 5.31. The molecule has 0 unspecified atom stereocenters. The van der Waals surface area contributed by atoms with Gasteiger partial charge in [-0.05, 0) is 41.6 Å². The number of nitrogens with zero attached hydrogens (tertiary/aromatic N) is 1. The predicted molar refractivity (Wildman–Crippen MR) is 85.6 cm³/mol. The maximum absolute atomic E-state index is 4.34. The highest BCUT2D eigenvalue weighted by atomic mass is 14.8. The lowest BCUT2D eigenvalue weighted by molar-refractivity contribution is 0.647. The van der Waals surface area contributed by atoms with Gasteiger partial charge in [0.2, 0.25) is 0 Å². The van der Waals surface area contributed by atoms with Crippen molar-refractivity contribution < 1.29 is 0 Å². The zero-order valence-electron chi connectivity index (χ0n) is 12.7. The van der Waals surface area contributed by atoms with Crippen LogP contribution >= 0.6 is 0 Å². The average molecular weight is 268 g/mol. The summed E-state index contributed by atoms with van der Waals surface area (Å²) in [5.74, 6) is 0.700. The molecular weight excluding hydrogens is 244 g/mol. The number of rotatable bonds is 6. The fraction of sp³-hybridized carbons (Fsp3) is 0.389. The number of hydrogen-bond acceptors (Lipinski definition) is 2. The molecule has 1 aromatic heterocycles. The van der Waals surface area contributed by atoms with Crippen molar-refractivity contribution in [2.75, 3.05) is 6.54 Å². The maximum Gasteiger partial charge on any atom is 0.0346 e. The van der Waals surface area contributed by atoms with E-state index in [0.29, 0.717) is 5.92 Å². The van der Waals surface area contributed by atoms with E-state index in [0.717, 1.165) is 19.5 Å². The van der Waals surface area contributed by atoms with E-state index in [4.69, 9.17) is 0 Å². The molecule has 0 atom stereocenters. The largest absolute Gasteiger partial charge is 0.313 e. The minimum atomic E-state index is 0.700. The second kappa shape index (κ2) is 7.20. The normalized spacial score (nSPS) is 11.0. The van der Waals surface area contributed by atoms with Gasteiger partial charge in [0, 0.05) is 24.5 Å². The SMILES string of the molecule is CCNCc1cncc(-c2ccc(CC(C)C)cc2)c1. The predicted octanol–water partition coefficient (Wildman–Crippen LogP) is 4.06. The first-order valence-electron chi connectivity index (χ1n) is 7.43. The molecule has 20 heavy (non-hydrogen) atoms. The molecule has 0 radical (unpaired) electrons. The lowest BCUT2D eigenvalue weighted by Crippen LogP contribution is -2.11. The van der Waals surface area contributed by atoms with E-state index in [-0.39, 0.29) is 0 Å². The molecule has 1 aromatic carbocycles. The standard InChI is InChI=1S/C18H24N2/c1-4-19-11-16-10-18(13-20-12-16)17-7-5-15(6-8-17)9-14(2)3/h5-8,10,12-14,19H,4,9,11H2,1-3H3. The van der Waals surface area contributed by atoms with Crippen LogP contribution < -0.4 is 5.32 Å². The van der Waals surface area contributed by atoms with Crippen molar-refractivity contribution in [3.63, 3.8) is 0 Å². The fourth-order valence-electron chi connectivity index (χ4n) is 2.32. The first-order valence-corrected chi connectivity index (χ1v) is 7.43. The van der Waals surface area contributed by atoms with E-state index in [2.05, 4.69) is 61.4 Å². The Morgan fingerprint density at radius 2 is 1.75 bits per heavy atom. The molecule has 0 amide bonds. The Morgan fingerprint density at radius 1 is 1.00 bits per heavy atom. The quantitative estimate of drug-likeness (QED) is 0.854. The molecule has 106 valence electrons. The van der Waals surface area contributed by atoms with Gasteiger partial charge in [-0.25, -0.2) is 0 Å². The molecule has 2 rings (SSSR count). The summed E-state index contributed by atoms with van der Waals surface area (Å²) >= 11 is 0. The number of pyridine rings is 1. The summed E-state index contributed by atoms with van der Waals surface area (Å²) in [6, 6.07) is 11.1. The molecule has 0 bridgehead atoms. The van der Waals surface area contributed by atoms with E-state index in [1.165, 1.54) is 22.3 Å². The zero-order chi connectivity index (χ0) is 14.4. The van der Waals surface area contributed by atoms with Crippen molar-refractivity contribution in [1.82, 2.24) is 10.3 Å². The molecule has 0 aliphatic heterocycles. The van der Waals surface area contributed by atoms with Gasteiger partial charge in [-0.1, -0.05) is 45.0 Å². The van der Waals surface area contributed by atoms with Crippen molar-refractivity contribution in [2.45, 2.75) is 33.7 Å². The summed E-state index contributed by atoms with van der Waals surface area (Å²) in [7, 11) is 0. The van der Waals surface area contributed by atoms with E-state index in [1.54, 1.807) is 0 Å². The molecule has 0 saturated carbocycles. The van der Waals surface area contributed by atoms with Gasteiger partial charge in [0.1, 0.15) is 0 Å². The first-order chi connectivity index (χ1) is 9.69. The highest BCUT2D eigenvalue weighted by molar-refractivity contribution is 5.63. The molecule has 0 spiro atoms. The zero-order valence-corrected chi connectivity index (χ0v) is 12.7. The van der Waals surface area contributed by atoms with E-state index in [9.17, 15) is 0 Å². The lowest BCUT2D eigenvalue weighted by atomic mass is 9.99. The van der Waals surface area contributed by atoms with Gasteiger partial charge in [-0.3, -0.25) is 4.98 Å². The van der Waals surface area contributed by atoms with E-state index in [1.807, 2.05) is 12.4 Å². The minimum absolute atomic E-state index is 0.700. The van der Waals surface area contributed by atoms with Crippen LogP contribution in [-0.4, -0.2) is 11.5 Å². The molecule has 0 aliphatic carbocycles. The maximum atomic E-state index is 4.34. The molecule has 1 N–H and O–H groups in total. The van der Waals surface area contributed by atoms with Crippen molar-refractivity contribution >= 4 is 0 Å². The third-order valence-corrected chi connectivity index (χ3v) is 3.31. The topological polar surface area (TPSA) is 24.9 Å². The van der Waals surface area contributed by atoms with Crippen LogP contribution in [-0.2, 0) is 13.0 Å². The van der Waals surface area contributed by atoms with Crippen LogP contribution in [0.1, 0.15) is 31.9 Å². The van der Waals surface area contributed by atoms with Gasteiger partial charge in [-0.15, -0.1) is 0 Å². The van der Waals surface area contributed by atoms with Crippen LogP contribution in [0.15, 0.2) is 42.7 Å². The molecule has 0 fully saturated rings. The first kappa shape index (κ1) is 14.7. The number of aromatic nitrogens is 1. The summed E-state index contributed by atoms with van der Waals surface area (Å²) in [4.78, 5) is 4.34. The second-order valence-corrected chi connectivity index (χ2v) is 5.66. The van der Waals surface area contributed by atoms with Crippen LogP contribution in [0.2, 0.25) is 0 Å². The molecule has 2 aromatic rings. The minimum Gasteiger partial charge on any atom is -0.313 e. The highest BCUT2D eigenvalue weighted by Gasteiger charge is 2.02. The smallest absolute Gasteiger partial charge is 0.0346 e. The van der Waals surface area contributed by atoms with Crippen LogP contribution in [0.25, 0.3) is 11.1 Å². The van der Waals surface area contributed by atoms with Crippen LogP contribution in [0.5, 0.6) is 0 Å². The van der Waals surface area contributed by atoms with Gasteiger partial charge in [0.05, 0.1) is 0 Å². The van der Waals surface area contributed by atoms with E-state index >= 15 is 0 Å². The Labute approximate surface area is 122 Å². The average Bonchev–Trinajstić information content (AvgIpc) is 2.45. The summed E-state index contributed by atoms with van der Waals surface area (Å²) < 4.78 is 0. The molecule has 0 aliphatic rings. The summed E-state index contributed by atoms with van der Waals surface area (Å²) in [6.07, 6.45) is 5.01. The van der Waals surface area contributed by atoms with Crippen LogP contribution in [0.3, 0.4) is 0 Å². The van der Waals surface area contributed by atoms with Crippen LogP contribution in [0.4, 0.5) is 0 Å². The van der Waals surface area contributed by atoms with Crippen LogP contribution in [0, 0.1) is 5.92 Å². The van der Waals surface area contributed by atoms with Gasteiger partial charge in [0.15, 0.2) is 0 Å². The number of benzene rings is 1. The van der Waals surface area contributed by atoms with Crippen molar-refractivity contribution in [2.24, 2.45) is 5.92 Å². The molecule has 2 heteroatoms. The lowest BCUT2D eigenvalue weighted by Gasteiger charge is -2.08. The fourth-order valence-corrected chi connectivity index (χ4v) is 2.32. The Morgan fingerprint density at radius 3 is 2.40 bits per heavy atom. The van der Waals surface area contributed by atoms with Gasteiger partial charge < -0.3 is 5.32 Å². The molecular formula is C18H24N2. The van der Waals surface area contributed by atoms with Gasteiger partial charge in [0.25, 0.3) is 0 Å². The molecule has 0 saturated heterocycles. The van der Waals surface area contributed by atoms with Crippen molar-refractivity contribution in [1.29, 1.82) is 0 Å². The third kappa shape index (κ3) is 4.17. The van der Waals surface area contributed by atoms with Gasteiger partial charge >= 0.3 is 0 Å². The Balaban J connectivity index is 2.14. The Bertz CT molecular complexity index is 529. The monoisotopic (exact) mass is 268 g/mol.